The number of H-pyrrole nitrogens is 1. The lowest BCUT2D eigenvalue weighted by molar-refractivity contribution is -0.0505. The van der Waals surface area contributed by atoms with Crippen molar-refractivity contribution in [3.8, 4) is 11.5 Å². The number of rotatable bonds is 23. The number of alkyl halides is 2. The van der Waals surface area contributed by atoms with Crippen molar-refractivity contribution in [1.82, 2.24) is 87.5 Å². The maximum absolute atomic E-state index is 11.9. The minimum absolute atomic E-state index is 0. The van der Waals surface area contributed by atoms with Crippen LogP contribution in [0.15, 0.2) is 219 Å². The molecular weight excluding hydrogens is 1760 g/mol. The first-order chi connectivity index (χ1) is 67.3. The summed E-state index contributed by atoms with van der Waals surface area (Å²) < 4.78 is 37.4. The van der Waals surface area contributed by atoms with Crippen LogP contribution in [0.3, 0.4) is 0 Å². The fraction of sp³-hybridized carbons (Fsp3) is 0.477. The van der Waals surface area contributed by atoms with E-state index in [0.717, 1.165) is 163 Å². The molecule has 1 unspecified atom stereocenters. The number of likely N-dealkylation sites (N-methyl/N-ethyl adjacent to an activating group) is 1. The highest BCUT2D eigenvalue weighted by molar-refractivity contribution is 5.94. The largest absolute Gasteiger partial charge is 0.496 e. The van der Waals surface area contributed by atoms with E-state index in [2.05, 4.69) is 181 Å². The fourth-order valence-corrected chi connectivity index (χ4v) is 16.7. The second-order valence-electron chi connectivity index (χ2n) is 35.6. The predicted molar refractivity (Wildman–Crippen MR) is 580 cm³/mol. The normalized spacial score (nSPS) is 16.0. The van der Waals surface area contributed by atoms with Crippen molar-refractivity contribution in [3.63, 3.8) is 0 Å². The minimum atomic E-state index is -2.77. The van der Waals surface area contributed by atoms with E-state index in [9.17, 15) is 23.2 Å². The Morgan fingerprint density at radius 3 is 1.66 bits per heavy atom. The molecule has 140 heavy (non-hydrogen) atoms. The molecule has 768 valence electrons. The van der Waals surface area contributed by atoms with Gasteiger partial charge in [0.1, 0.15) is 17.3 Å². The number of carbonyl (C=O) groups is 3. The van der Waals surface area contributed by atoms with Gasteiger partial charge in [0.25, 0.3) is 0 Å². The molecule has 7 aromatic carbocycles. The molecule has 4 aromatic heterocycles. The van der Waals surface area contributed by atoms with Gasteiger partial charge in [-0.15, -0.1) is 0 Å². The van der Waals surface area contributed by atoms with Gasteiger partial charge in [-0.25, -0.2) is 19.4 Å². The number of ether oxygens (including phenoxy) is 2. The monoisotopic (exact) mass is 1930 g/mol. The number of piperidine rings is 1. The van der Waals surface area contributed by atoms with Gasteiger partial charge in [0.05, 0.1) is 24.0 Å². The molecule has 16 N–H and O–H groups in total. The number of halogens is 2. The number of likely N-dealkylation sites (tertiary alicyclic amines) is 1. The van der Waals surface area contributed by atoms with E-state index in [1.807, 2.05) is 244 Å². The Kier molecular flexibility index (Phi) is 57.2. The van der Waals surface area contributed by atoms with Gasteiger partial charge < -0.3 is 94.1 Å². The summed E-state index contributed by atoms with van der Waals surface area (Å²) >= 11 is 0. The number of amides is 6. The zero-order valence-electron chi connectivity index (χ0n) is 86.2. The van der Waals surface area contributed by atoms with Crippen LogP contribution in [-0.2, 0) is 46.2 Å². The first-order valence-electron chi connectivity index (χ1n) is 49.1. The number of aryl methyl sites for hydroxylation is 3. The van der Waals surface area contributed by atoms with E-state index in [4.69, 9.17) is 4.74 Å². The van der Waals surface area contributed by atoms with Crippen LogP contribution in [0.2, 0.25) is 0 Å². The molecule has 3 aliphatic carbocycles. The summed E-state index contributed by atoms with van der Waals surface area (Å²) in [6, 6.07) is 68.6. The minimum Gasteiger partial charge on any atom is -0.496 e. The summed E-state index contributed by atoms with van der Waals surface area (Å²) in [7, 11) is 26.7. The van der Waals surface area contributed by atoms with Crippen LogP contribution >= 0.6 is 0 Å². The molecule has 4 fully saturated rings. The lowest BCUT2D eigenvalue weighted by Gasteiger charge is -2.36. The quantitative estimate of drug-likeness (QED) is 0.0283. The van der Waals surface area contributed by atoms with Crippen molar-refractivity contribution in [2.75, 3.05) is 148 Å². The number of fused-ring (bicyclic) bond motifs is 2. The smallest absolute Gasteiger partial charge is 0.387 e. The third kappa shape index (κ3) is 44.4. The second-order valence-corrected chi connectivity index (χ2v) is 35.6. The number of benzene rings is 7. The molecule has 6 heterocycles. The van der Waals surface area contributed by atoms with Crippen LogP contribution in [-0.4, -0.2) is 200 Å². The molecular formula is C109H168F2N24O5. The number of hydrogen-bond acceptors (Lipinski definition) is 20. The molecule has 16 rings (SSSR count). The van der Waals surface area contributed by atoms with E-state index in [1.54, 1.807) is 50.5 Å². The summed E-state index contributed by atoms with van der Waals surface area (Å²) in [6.45, 7) is 15.4. The highest BCUT2D eigenvalue weighted by atomic mass is 19.3. The van der Waals surface area contributed by atoms with Crippen molar-refractivity contribution in [2.24, 2.45) is 18.4 Å². The van der Waals surface area contributed by atoms with Crippen molar-refractivity contribution >= 4 is 69.1 Å². The number of para-hydroxylation sites is 5. The molecule has 6 amide bonds. The van der Waals surface area contributed by atoms with Crippen LogP contribution in [0.25, 0.3) is 10.9 Å². The first kappa shape index (κ1) is 118. The Morgan fingerprint density at radius 2 is 1.09 bits per heavy atom. The maximum Gasteiger partial charge on any atom is 0.387 e. The summed E-state index contributed by atoms with van der Waals surface area (Å²) in [6.07, 6.45) is 23.1. The molecule has 11 aromatic rings. The number of nitrogens with one attached hydrogen (secondary N) is 16. The van der Waals surface area contributed by atoms with E-state index in [0.29, 0.717) is 42.5 Å². The molecule has 0 bridgehead atoms. The molecule has 31 heteroatoms. The fourth-order valence-electron chi connectivity index (χ4n) is 16.7. The highest BCUT2D eigenvalue weighted by Gasteiger charge is 2.30. The average molecular weight is 1930 g/mol. The van der Waals surface area contributed by atoms with Crippen molar-refractivity contribution < 1.29 is 32.6 Å². The number of methoxy groups -OCH3 is 1. The zero-order valence-corrected chi connectivity index (χ0v) is 86.2. The van der Waals surface area contributed by atoms with Crippen LogP contribution in [0.4, 0.5) is 63.2 Å². The molecule has 1 atom stereocenters. The van der Waals surface area contributed by atoms with Gasteiger partial charge in [-0.2, -0.15) is 24.1 Å². The van der Waals surface area contributed by atoms with E-state index < -0.39 is 6.61 Å². The highest BCUT2D eigenvalue weighted by Crippen LogP contribution is 2.38. The standard InChI is InChI=1S/C15H23N3O.C14H21N3O.C13H19NO.C11H15N3O.C11H23N.C9H11F2NO.C8H9N3.C7H13N3.C7H10N2.C7H9N.C6H11N3.CH4/c1-16-14-9-5-6-12(10-14)11-17-15(19)18-13-7-3-2-4-8-13;1-15-11-7-9-13(10-8-11)17-14(18)16-12-5-3-2-4-6-12;1-14-9-5-6-11(10-14)12-7-3-4-8-13(12)15-2;1-12-9-3-4-10-8(7-9)5-6-14(10)11(15)13-2;1-11(2,3)9-5-7-10(12-4)8-6-9;1-12-6-7-4-2-3-5-8(7)13-9(10)11;1-9-8-6-4-2-3-5-7(6)10-11-8;1-3-10-7(6-8-2)4-5-9-10;1-6-4-3-5-7(8-2)9-6;1-8-7-5-3-2-4-6-7;1-7-5-6-3-4-8-9(6)2;/h5-6,9-10,13,16H,2-4,7-8,11H2,1H3,(H2,17,18,19);2-6,11,13,15H,7-10H2,1H3,(H2,16,17,18);3-4,7-8,11H,5-6,9-10H2,1-2H3;3-4,7,12H,5-6H2,1-2H3,(H,13,15);9-10,12H,5-8H2,1-4H3;2-5,9,12H,6H2,1H3;2-5H,1H3,(H2,9,10,11);4-5,8H,3,6H2,1-2H3;3-5H,1-2H3,(H,8,9);2-6,8H,1H3;3-4,7H,5H2,1-2H3;1H4. The lowest BCUT2D eigenvalue weighted by Crippen LogP contribution is -2.43. The number of carbonyl (C=O) groups excluding carboxylic acids is 3. The Bertz CT molecular complexity index is 5130. The molecule has 3 saturated carbocycles. The Morgan fingerprint density at radius 1 is 0.521 bits per heavy atom. The number of aromatic nitrogens is 7. The van der Waals surface area contributed by atoms with Gasteiger partial charge in [0.2, 0.25) is 0 Å². The molecule has 1 saturated heterocycles. The molecule has 29 nitrogen and oxygen atoms in total. The third-order valence-electron chi connectivity index (χ3n) is 24.6. The van der Waals surface area contributed by atoms with Gasteiger partial charge in [0, 0.05) is 183 Å². The number of pyridine rings is 1. The predicted octanol–water partition coefficient (Wildman–Crippen LogP) is 20.1. The second kappa shape index (κ2) is 67.8. The summed E-state index contributed by atoms with van der Waals surface area (Å²) in [5.41, 5.74) is 14.7. The van der Waals surface area contributed by atoms with Crippen LogP contribution in [0.1, 0.15) is 177 Å². The molecule has 0 spiro atoms. The lowest BCUT2D eigenvalue weighted by atomic mass is 9.71. The summed E-state index contributed by atoms with van der Waals surface area (Å²) in [4.78, 5) is 43.5. The van der Waals surface area contributed by atoms with Gasteiger partial charge in [0.15, 0.2) is 5.82 Å². The SMILES string of the molecule is C.CCn1nccc1CNC.CNC(=O)N1CCc2cc(NC)ccc21.CNC1CCC(C(C)(C)C)CC1.CNC1CCC(NC(=O)Nc2ccccc2)CC1.CNCc1ccccc1OC(F)F.CNCc1ccnn1C.CNc1cccc(C)n1.CNc1cccc(CNC(=O)NC2CCCCC2)c1.CNc1ccccc1.CNc1n[nH]c2ccccc12.COc1ccccc1C1CCCN(C)C1. The average Bonchev–Trinajstić information content (AvgIpc) is 1.68. The van der Waals surface area contributed by atoms with Crippen LogP contribution in [0.5, 0.6) is 11.5 Å². The Hall–Kier alpha value is -12.4. The number of nitrogens with zero attached hydrogens (tertiary/aromatic N) is 8. The van der Waals surface area contributed by atoms with Crippen molar-refractivity contribution in [1.29, 1.82) is 0 Å². The number of aromatic amines is 1. The molecule has 2 aliphatic heterocycles. The number of urea groups is 3. The summed E-state index contributed by atoms with van der Waals surface area (Å²) in [5.74, 6) is 4.68. The number of anilines is 7. The van der Waals surface area contributed by atoms with Crippen LogP contribution < -0.4 is 94.1 Å². The van der Waals surface area contributed by atoms with E-state index in [-0.39, 0.29) is 31.3 Å². The van der Waals surface area contributed by atoms with Gasteiger partial charge in [-0.3, -0.25) is 19.4 Å². The topological polar surface area (TPSA) is 334 Å². The first-order valence-corrected chi connectivity index (χ1v) is 49.1. The van der Waals surface area contributed by atoms with Gasteiger partial charge in [-0.1, -0.05) is 151 Å². The van der Waals surface area contributed by atoms with E-state index >= 15 is 0 Å². The van der Waals surface area contributed by atoms with E-state index in [1.165, 1.54) is 92.9 Å². The summed E-state index contributed by atoms with van der Waals surface area (Å²) in [5, 5.41) is 61.6. The number of hydrogen-bond donors (Lipinski definition) is 16. The van der Waals surface area contributed by atoms with Crippen molar-refractivity contribution in [3.05, 3.63) is 258 Å². The van der Waals surface area contributed by atoms with Gasteiger partial charge in [-0.05, 0) is 277 Å². The zero-order chi connectivity index (χ0) is 101. The molecule has 0 radical (unpaired) electrons. The Labute approximate surface area is 834 Å². The third-order valence-corrected chi connectivity index (χ3v) is 24.6. The van der Waals surface area contributed by atoms with Gasteiger partial charge >= 0.3 is 24.7 Å². The van der Waals surface area contributed by atoms with Crippen molar-refractivity contribution in [2.45, 2.75) is 214 Å². The molecule has 5 aliphatic rings. The Balaban J connectivity index is 0.000000274. The maximum atomic E-state index is 11.9. The van der Waals surface area contributed by atoms with Crippen LogP contribution in [0, 0.1) is 18.3 Å².